The normalized spacial score (nSPS) is 25.4. The molecule has 7 heteroatoms. The van der Waals surface area contributed by atoms with Gasteiger partial charge in [0, 0.05) is 0 Å². The second-order valence-electron chi connectivity index (χ2n) is 9.43. The summed E-state index contributed by atoms with van der Waals surface area (Å²) < 4.78 is 16.5. The van der Waals surface area contributed by atoms with Crippen LogP contribution in [0, 0.1) is 23.7 Å². The van der Waals surface area contributed by atoms with Gasteiger partial charge in [0.05, 0.1) is 31.3 Å². The predicted octanol–water partition coefficient (Wildman–Crippen LogP) is 3.25. The van der Waals surface area contributed by atoms with Crippen molar-refractivity contribution in [2.45, 2.75) is 65.1 Å². The van der Waals surface area contributed by atoms with Crippen LogP contribution in [0.5, 0.6) is 5.75 Å². The van der Waals surface area contributed by atoms with Crippen molar-refractivity contribution >= 4 is 11.9 Å². The van der Waals surface area contributed by atoms with Crippen molar-refractivity contribution < 1.29 is 34.0 Å². The van der Waals surface area contributed by atoms with Crippen LogP contribution in [0.4, 0.5) is 0 Å². The maximum atomic E-state index is 12.4. The van der Waals surface area contributed by atoms with Crippen LogP contribution in [-0.2, 0) is 31.9 Å². The first-order valence-corrected chi connectivity index (χ1v) is 11.7. The first kappa shape index (κ1) is 24.5. The van der Waals surface area contributed by atoms with E-state index in [-0.39, 0.29) is 36.4 Å². The van der Waals surface area contributed by atoms with Gasteiger partial charge in [-0.2, -0.15) is 0 Å². The molecule has 1 saturated heterocycles. The highest BCUT2D eigenvalue weighted by molar-refractivity contribution is 5.73. The van der Waals surface area contributed by atoms with Gasteiger partial charge in [0.15, 0.2) is 6.61 Å². The number of aliphatic hydroxyl groups excluding tert-OH is 1. The molecule has 0 saturated carbocycles. The lowest BCUT2D eigenvalue weighted by Crippen LogP contribution is -2.32. The third kappa shape index (κ3) is 6.23. The number of hydrogen-bond donors (Lipinski definition) is 2. The number of aliphatic carboxylic acids is 1. The maximum absolute atomic E-state index is 12.4. The van der Waals surface area contributed by atoms with E-state index in [9.17, 15) is 14.7 Å². The Morgan fingerprint density at radius 2 is 2.00 bits per heavy atom. The molecule has 32 heavy (non-hydrogen) atoms. The number of carboxylic acids is 1. The summed E-state index contributed by atoms with van der Waals surface area (Å²) in [5, 5.41) is 19.4. The molecule has 0 spiro atoms. The van der Waals surface area contributed by atoms with E-state index in [0.29, 0.717) is 31.3 Å². The molecule has 6 atom stereocenters. The first-order chi connectivity index (χ1) is 15.3. The van der Waals surface area contributed by atoms with Crippen LogP contribution < -0.4 is 4.74 Å². The van der Waals surface area contributed by atoms with E-state index in [0.717, 1.165) is 36.8 Å². The topological polar surface area (TPSA) is 102 Å². The van der Waals surface area contributed by atoms with E-state index in [1.807, 2.05) is 32.9 Å². The van der Waals surface area contributed by atoms with Crippen molar-refractivity contribution in [3.8, 4) is 5.75 Å². The molecule has 2 unspecified atom stereocenters. The van der Waals surface area contributed by atoms with Gasteiger partial charge in [-0.1, -0.05) is 19.1 Å². The summed E-state index contributed by atoms with van der Waals surface area (Å²) in [7, 11) is 0. The van der Waals surface area contributed by atoms with Crippen molar-refractivity contribution in [2.24, 2.45) is 23.7 Å². The van der Waals surface area contributed by atoms with Crippen LogP contribution >= 0.6 is 0 Å². The van der Waals surface area contributed by atoms with E-state index >= 15 is 0 Å². The summed E-state index contributed by atoms with van der Waals surface area (Å²) in [6.45, 7) is 6.44. The van der Waals surface area contributed by atoms with Crippen LogP contribution in [-0.4, -0.2) is 54.2 Å². The van der Waals surface area contributed by atoms with E-state index in [2.05, 4.69) is 6.07 Å². The molecule has 3 rings (SSSR count). The van der Waals surface area contributed by atoms with Gasteiger partial charge in [-0.05, 0) is 80.9 Å². The molecule has 1 fully saturated rings. The zero-order chi connectivity index (χ0) is 23.3. The van der Waals surface area contributed by atoms with Crippen LogP contribution in [0.1, 0.15) is 51.2 Å². The number of ether oxygens (including phenoxy) is 3. The Morgan fingerprint density at radius 1 is 1.22 bits per heavy atom. The molecule has 2 aliphatic rings. The van der Waals surface area contributed by atoms with Gasteiger partial charge in [0.2, 0.25) is 0 Å². The third-order valence-corrected chi connectivity index (χ3v) is 6.95. The highest BCUT2D eigenvalue weighted by Gasteiger charge is 2.34. The van der Waals surface area contributed by atoms with Crippen LogP contribution in [0.15, 0.2) is 18.2 Å². The third-order valence-electron chi connectivity index (χ3n) is 6.95. The number of fused-ring (bicyclic) bond motifs is 1. The molecule has 178 valence electrons. The van der Waals surface area contributed by atoms with Crippen molar-refractivity contribution in [3.63, 3.8) is 0 Å². The highest BCUT2D eigenvalue weighted by atomic mass is 16.5. The summed E-state index contributed by atoms with van der Waals surface area (Å²) >= 11 is 0. The summed E-state index contributed by atoms with van der Waals surface area (Å²) in [5.74, 6) is -0.122. The van der Waals surface area contributed by atoms with Crippen LogP contribution in [0.3, 0.4) is 0 Å². The fraction of sp³-hybridized carbons (Fsp3) is 0.680. The minimum absolute atomic E-state index is 0.0987. The minimum atomic E-state index is -0.991. The lowest BCUT2D eigenvalue weighted by atomic mass is 9.73. The number of carbonyl (C=O) groups is 2. The number of aliphatic hydroxyl groups is 1. The summed E-state index contributed by atoms with van der Waals surface area (Å²) in [5.41, 5.74) is 2.23. The lowest BCUT2D eigenvalue weighted by molar-refractivity contribution is -0.154. The molecule has 1 aliphatic carbocycles. The smallest absolute Gasteiger partial charge is 0.341 e. The monoisotopic (exact) mass is 448 g/mol. The van der Waals surface area contributed by atoms with Gasteiger partial charge < -0.3 is 24.4 Å². The molecule has 0 aromatic heterocycles. The summed E-state index contributed by atoms with van der Waals surface area (Å²) in [4.78, 5) is 23.3. The van der Waals surface area contributed by atoms with Crippen molar-refractivity contribution in [1.82, 2.24) is 0 Å². The zero-order valence-corrected chi connectivity index (χ0v) is 19.3. The number of carboxylic acid groups (broad SMARTS) is 1. The van der Waals surface area contributed by atoms with Crippen molar-refractivity contribution in [3.05, 3.63) is 29.3 Å². The van der Waals surface area contributed by atoms with Crippen LogP contribution in [0.25, 0.3) is 0 Å². The van der Waals surface area contributed by atoms with Gasteiger partial charge in [0.25, 0.3) is 0 Å². The summed E-state index contributed by atoms with van der Waals surface area (Å²) in [6.07, 6.45) is 3.33. The fourth-order valence-corrected chi connectivity index (χ4v) is 5.04. The van der Waals surface area contributed by atoms with Gasteiger partial charge >= 0.3 is 11.9 Å². The molecule has 1 aromatic carbocycles. The van der Waals surface area contributed by atoms with Crippen molar-refractivity contribution in [1.29, 1.82) is 0 Å². The quantitative estimate of drug-likeness (QED) is 0.530. The largest absolute Gasteiger partial charge is 0.482 e. The molecule has 1 heterocycles. The Kier molecular flexibility index (Phi) is 8.54. The zero-order valence-electron chi connectivity index (χ0n) is 19.3. The molecule has 1 aromatic rings. The average molecular weight is 449 g/mol. The maximum Gasteiger partial charge on any atom is 0.341 e. The number of benzene rings is 1. The number of hydrogen-bond acceptors (Lipinski definition) is 6. The average Bonchev–Trinajstić information content (AvgIpc) is 3.17. The number of esters is 1. The van der Waals surface area contributed by atoms with Crippen LogP contribution in [0.2, 0.25) is 0 Å². The lowest BCUT2D eigenvalue weighted by Gasteiger charge is -2.34. The second kappa shape index (κ2) is 11.1. The minimum Gasteiger partial charge on any atom is -0.482 e. The van der Waals surface area contributed by atoms with E-state index in [1.165, 1.54) is 0 Å². The molecule has 2 N–H and O–H groups in total. The molecule has 1 aliphatic heterocycles. The summed E-state index contributed by atoms with van der Waals surface area (Å²) in [6, 6.07) is 5.77. The standard InChI is InChI=1S/C25H36O7/c1-15-12-30-13-22(15)25(29)32-16(2)7-9-20(17(3)26)19-8-10-21-18(11-19)5-4-6-23(21)31-14-24(27)28/h4-6,15-17,19-20,22,26H,7-14H2,1-3H3,(H,27,28)/t15?,16-,17+,19+,20-,22?/m0/s1. The Bertz CT molecular complexity index is 790. The van der Waals surface area contributed by atoms with Crippen molar-refractivity contribution in [2.75, 3.05) is 19.8 Å². The Labute approximate surface area is 190 Å². The Hall–Kier alpha value is -2.12. The van der Waals surface area contributed by atoms with E-state index in [1.54, 1.807) is 0 Å². The van der Waals surface area contributed by atoms with Gasteiger partial charge in [-0.25, -0.2) is 4.79 Å². The molecule has 7 nitrogen and oxygen atoms in total. The highest BCUT2D eigenvalue weighted by Crippen LogP contribution is 2.38. The van der Waals surface area contributed by atoms with Gasteiger partial charge in [0.1, 0.15) is 5.75 Å². The SMILES string of the molecule is CC1COCC1C(=O)O[C@@H](C)CC[C@H]([C@@H]1CCc2c(cccc2OCC(=O)O)C1)[C@@H](C)O. The first-order valence-electron chi connectivity index (χ1n) is 11.7. The van der Waals surface area contributed by atoms with Gasteiger partial charge in [-0.3, -0.25) is 4.79 Å². The van der Waals surface area contributed by atoms with E-state index < -0.39 is 12.1 Å². The van der Waals surface area contributed by atoms with E-state index in [4.69, 9.17) is 19.3 Å². The van der Waals surface area contributed by atoms with Gasteiger partial charge in [-0.15, -0.1) is 0 Å². The molecule has 0 amide bonds. The fourth-order valence-electron chi connectivity index (χ4n) is 5.04. The Morgan fingerprint density at radius 3 is 2.66 bits per heavy atom. The molecular formula is C25H36O7. The number of carbonyl (C=O) groups excluding carboxylic acids is 1. The molecule has 0 bridgehead atoms. The second-order valence-corrected chi connectivity index (χ2v) is 9.43. The predicted molar refractivity (Wildman–Crippen MR) is 119 cm³/mol. The Balaban J connectivity index is 1.56. The molecule has 0 radical (unpaired) electrons. The number of rotatable bonds is 10. The molecular weight excluding hydrogens is 412 g/mol.